The summed E-state index contributed by atoms with van der Waals surface area (Å²) in [5.74, 6) is -0.518. The number of allylic oxidation sites excluding steroid dienone is 1. The van der Waals surface area contributed by atoms with E-state index in [0.29, 0.717) is 5.56 Å². The molecular formula is C15H11FINO. The molecule has 2 aromatic carbocycles. The average molecular weight is 367 g/mol. The third kappa shape index (κ3) is 4.17. The zero-order valence-corrected chi connectivity index (χ0v) is 12.1. The molecule has 2 aromatic rings. The predicted molar refractivity (Wildman–Crippen MR) is 82.7 cm³/mol. The summed E-state index contributed by atoms with van der Waals surface area (Å²) in [6.07, 6.45) is 3.00. The number of hydrogen-bond donors (Lipinski definition) is 1. The number of benzene rings is 2. The van der Waals surface area contributed by atoms with Crippen LogP contribution in [0.5, 0.6) is 0 Å². The number of carbonyl (C=O) groups is 1. The monoisotopic (exact) mass is 367 g/mol. The fraction of sp³-hybridized carbons (Fsp3) is 0. The van der Waals surface area contributed by atoms with Gasteiger partial charge in [-0.25, -0.2) is 4.39 Å². The molecule has 0 heterocycles. The molecular weight excluding hydrogens is 356 g/mol. The molecule has 0 amide bonds. The molecule has 0 bridgehead atoms. The second kappa shape index (κ2) is 6.47. The maximum Gasteiger partial charge on any atom is 0.187 e. The van der Waals surface area contributed by atoms with Crippen LogP contribution in [0.15, 0.2) is 60.8 Å². The zero-order valence-electron chi connectivity index (χ0n) is 9.94. The molecule has 0 aromatic heterocycles. The van der Waals surface area contributed by atoms with Crippen molar-refractivity contribution >= 4 is 34.1 Å². The lowest BCUT2D eigenvalue weighted by Crippen LogP contribution is -1.96. The quantitative estimate of drug-likeness (QED) is 0.498. The average Bonchev–Trinajstić information content (AvgIpc) is 2.41. The molecule has 1 N–H and O–H groups in total. The van der Waals surface area contributed by atoms with Crippen LogP contribution in [0.1, 0.15) is 10.4 Å². The molecule has 0 atom stereocenters. The Bertz CT molecular complexity index is 591. The van der Waals surface area contributed by atoms with E-state index < -0.39 is 0 Å². The second-order valence-corrected chi connectivity index (χ2v) is 5.10. The minimum atomic E-state index is -0.349. The van der Waals surface area contributed by atoms with Crippen LogP contribution in [0.25, 0.3) is 0 Å². The van der Waals surface area contributed by atoms with Gasteiger partial charge < -0.3 is 5.32 Å². The Morgan fingerprint density at radius 1 is 1.05 bits per heavy atom. The second-order valence-electron chi connectivity index (χ2n) is 3.86. The first-order chi connectivity index (χ1) is 9.15. The standard InChI is InChI=1S/C15H11FINO/c16-12-3-1-11(2-4-12)15(19)9-10-18-14-7-5-13(17)6-8-14/h1-10,18H/b10-9+. The van der Waals surface area contributed by atoms with E-state index in [1.165, 1.54) is 30.3 Å². The highest BCUT2D eigenvalue weighted by atomic mass is 127. The number of carbonyl (C=O) groups excluding carboxylic acids is 1. The van der Waals surface area contributed by atoms with E-state index in [1.54, 1.807) is 6.20 Å². The summed E-state index contributed by atoms with van der Waals surface area (Å²) in [5, 5.41) is 3.01. The molecule has 4 heteroatoms. The van der Waals surface area contributed by atoms with Crippen molar-refractivity contribution in [3.63, 3.8) is 0 Å². The first-order valence-corrected chi connectivity index (χ1v) is 6.71. The van der Waals surface area contributed by atoms with Gasteiger partial charge in [0.1, 0.15) is 5.82 Å². The fourth-order valence-corrected chi connectivity index (χ4v) is 1.83. The van der Waals surface area contributed by atoms with Crippen LogP contribution < -0.4 is 5.32 Å². The Hall–Kier alpha value is -1.69. The molecule has 0 fully saturated rings. The lowest BCUT2D eigenvalue weighted by Gasteiger charge is -2.00. The van der Waals surface area contributed by atoms with Crippen molar-refractivity contribution in [3.05, 3.63) is 75.8 Å². The molecule has 0 aliphatic rings. The molecule has 0 radical (unpaired) electrons. The largest absolute Gasteiger partial charge is 0.362 e. The van der Waals surface area contributed by atoms with Crippen molar-refractivity contribution in [2.45, 2.75) is 0 Å². The molecule has 2 rings (SSSR count). The topological polar surface area (TPSA) is 29.1 Å². The maximum atomic E-state index is 12.7. The Kier molecular flexibility index (Phi) is 4.68. The lowest BCUT2D eigenvalue weighted by atomic mass is 10.1. The smallest absolute Gasteiger partial charge is 0.187 e. The van der Waals surface area contributed by atoms with Gasteiger partial charge >= 0.3 is 0 Å². The van der Waals surface area contributed by atoms with Crippen molar-refractivity contribution in [2.24, 2.45) is 0 Å². The molecule has 19 heavy (non-hydrogen) atoms. The summed E-state index contributed by atoms with van der Waals surface area (Å²) < 4.78 is 13.9. The van der Waals surface area contributed by atoms with E-state index in [2.05, 4.69) is 27.9 Å². The van der Waals surface area contributed by atoms with Gasteiger partial charge in [-0.05, 0) is 71.1 Å². The number of anilines is 1. The summed E-state index contributed by atoms with van der Waals surface area (Å²) in [7, 11) is 0. The minimum absolute atomic E-state index is 0.169. The number of hydrogen-bond acceptors (Lipinski definition) is 2. The van der Waals surface area contributed by atoms with Crippen LogP contribution in [-0.4, -0.2) is 5.78 Å². The summed E-state index contributed by atoms with van der Waals surface area (Å²) in [6.45, 7) is 0. The van der Waals surface area contributed by atoms with Gasteiger partial charge in [0.15, 0.2) is 5.78 Å². The number of rotatable bonds is 4. The Morgan fingerprint density at radius 2 is 1.68 bits per heavy atom. The molecule has 0 unspecified atom stereocenters. The highest BCUT2D eigenvalue weighted by Gasteiger charge is 2.00. The summed E-state index contributed by atoms with van der Waals surface area (Å²) in [4.78, 5) is 11.7. The van der Waals surface area contributed by atoms with Crippen molar-refractivity contribution in [1.29, 1.82) is 0 Å². The molecule has 0 saturated heterocycles. The van der Waals surface area contributed by atoms with Crippen LogP contribution in [0.4, 0.5) is 10.1 Å². The van der Waals surface area contributed by atoms with E-state index in [4.69, 9.17) is 0 Å². The van der Waals surface area contributed by atoms with Crippen molar-refractivity contribution in [2.75, 3.05) is 5.32 Å². The molecule has 2 nitrogen and oxygen atoms in total. The van der Waals surface area contributed by atoms with Gasteiger partial charge in [0.05, 0.1) is 0 Å². The van der Waals surface area contributed by atoms with E-state index in [-0.39, 0.29) is 11.6 Å². The SMILES string of the molecule is O=C(/C=C/Nc1ccc(I)cc1)c1ccc(F)cc1. The number of ketones is 1. The van der Waals surface area contributed by atoms with Gasteiger partial charge in [0.25, 0.3) is 0 Å². The van der Waals surface area contributed by atoms with Gasteiger partial charge in [-0.3, -0.25) is 4.79 Å². The van der Waals surface area contributed by atoms with E-state index in [1.807, 2.05) is 24.3 Å². The Balaban J connectivity index is 1.97. The third-order valence-corrected chi connectivity index (χ3v) is 3.18. The lowest BCUT2D eigenvalue weighted by molar-refractivity contribution is 0.104. The van der Waals surface area contributed by atoms with E-state index in [9.17, 15) is 9.18 Å². The summed E-state index contributed by atoms with van der Waals surface area (Å²) in [6, 6.07) is 13.3. The molecule has 96 valence electrons. The highest BCUT2D eigenvalue weighted by Crippen LogP contribution is 2.11. The van der Waals surface area contributed by atoms with Crippen molar-refractivity contribution in [1.82, 2.24) is 0 Å². The Morgan fingerprint density at radius 3 is 2.32 bits per heavy atom. The zero-order chi connectivity index (χ0) is 13.7. The Labute approximate surface area is 124 Å². The van der Waals surface area contributed by atoms with Crippen molar-refractivity contribution < 1.29 is 9.18 Å². The van der Waals surface area contributed by atoms with Gasteiger partial charge in [-0.1, -0.05) is 0 Å². The van der Waals surface area contributed by atoms with Gasteiger partial charge in [-0.15, -0.1) is 0 Å². The fourth-order valence-electron chi connectivity index (χ4n) is 1.47. The first-order valence-electron chi connectivity index (χ1n) is 5.64. The summed E-state index contributed by atoms with van der Waals surface area (Å²) in [5.41, 5.74) is 1.37. The summed E-state index contributed by atoms with van der Waals surface area (Å²) >= 11 is 2.22. The number of halogens is 2. The van der Waals surface area contributed by atoms with Crippen LogP contribution in [0.3, 0.4) is 0 Å². The third-order valence-electron chi connectivity index (χ3n) is 2.46. The maximum absolute atomic E-state index is 12.7. The van der Waals surface area contributed by atoms with Crippen LogP contribution in [0.2, 0.25) is 0 Å². The normalized spacial score (nSPS) is 10.6. The number of nitrogens with one attached hydrogen (secondary N) is 1. The molecule has 0 spiro atoms. The highest BCUT2D eigenvalue weighted by molar-refractivity contribution is 14.1. The van der Waals surface area contributed by atoms with Gasteiger partial charge in [-0.2, -0.15) is 0 Å². The molecule has 0 saturated carbocycles. The molecule has 0 aliphatic heterocycles. The van der Waals surface area contributed by atoms with Crippen LogP contribution in [-0.2, 0) is 0 Å². The van der Waals surface area contributed by atoms with Crippen molar-refractivity contribution in [3.8, 4) is 0 Å². The van der Waals surface area contributed by atoms with Crippen LogP contribution in [0, 0.1) is 9.39 Å². The predicted octanol–water partition coefficient (Wildman–Crippen LogP) is 4.24. The minimum Gasteiger partial charge on any atom is -0.362 e. The van der Waals surface area contributed by atoms with E-state index >= 15 is 0 Å². The van der Waals surface area contributed by atoms with E-state index in [0.717, 1.165) is 9.26 Å². The molecule has 0 aliphatic carbocycles. The van der Waals surface area contributed by atoms with Gasteiger partial charge in [0, 0.05) is 27.1 Å². The van der Waals surface area contributed by atoms with Crippen LogP contribution >= 0.6 is 22.6 Å². The van der Waals surface area contributed by atoms with Gasteiger partial charge in [0.2, 0.25) is 0 Å². The first kappa shape index (κ1) is 13.7.